The molecular weight excluding hydrogens is 448 g/mol. The van der Waals surface area contributed by atoms with Gasteiger partial charge in [0.1, 0.15) is 16.5 Å². The molecule has 2 atom stereocenters. The van der Waals surface area contributed by atoms with Gasteiger partial charge in [-0.05, 0) is 53.7 Å². The molecule has 0 radical (unpaired) electrons. The molecule has 3 aromatic rings. The number of alkyl halides is 1. The maximum absolute atomic E-state index is 14.6. The van der Waals surface area contributed by atoms with Crippen molar-refractivity contribution in [3.05, 3.63) is 95.2 Å². The summed E-state index contributed by atoms with van der Waals surface area (Å²) in [7, 11) is -4.07. The largest absolute Gasteiger partial charge is 0.379 e. The molecule has 0 aliphatic heterocycles. The Morgan fingerprint density at radius 1 is 0.935 bits per heavy atom. The van der Waals surface area contributed by atoms with Crippen LogP contribution in [-0.2, 0) is 14.9 Å². The highest BCUT2D eigenvalue weighted by atomic mass is 32.2. The number of carbonyl (C=O) groups excluding carboxylic acids is 1. The van der Waals surface area contributed by atoms with Crippen molar-refractivity contribution in [2.24, 2.45) is 5.18 Å². The molecule has 0 fully saturated rings. The molecule has 3 aromatic carbocycles. The number of thioether (sulfide) groups is 1. The first-order chi connectivity index (χ1) is 14.8. The minimum Gasteiger partial charge on any atom is -0.379 e. The minimum absolute atomic E-state index is 0.0365. The molecule has 0 unspecified atom stereocenters. The summed E-state index contributed by atoms with van der Waals surface area (Å²) in [6, 6.07) is 16.0. The van der Waals surface area contributed by atoms with Gasteiger partial charge >= 0.3 is 10.1 Å². The van der Waals surface area contributed by atoms with Crippen molar-refractivity contribution in [2.75, 3.05) is 0 Å². The summed E-state index contributed by atoms with van der Waals surface area (Å²) < 4.78 is 57.8. The number of benzene rings is 3. The maximum Gasteiger partial charge on any atom is 0.339 e. The first-order valence-electron chi connectivity index (χ1n) is 8.84. The molecule has 3 rings (SSSR count). The second-order valence-electron chi connectivity index (χ2n) is 6.22. The summed E-state index contributed by atoms with van der Waals surface area (Å²) in [5, 5.41) is 1.60. The number of rotatable bonds is 8. The highest BCUT2D eigenvalue weighted by Crippen LogP contribution is 2.32. The monoisotopic (exact) mass is 463 g/mol. The van der Waals surface area contributed by atoms with Gasteiger partial charge in [-0.15, -0.1) is 0 Å². The van der Waals surface area contributed by atoms with Crippen molar-refractivity contribution in [3.8, 4) is 5.75 Å². The third-order valence-corrected chi connectivity index (χ3v) is 6.36. The predicted octanol–water partition coefficient (Wildman–Crippen LogP) is 5.06. The van der Waals surface area contributed by atoms with E-state index in [9.17, 15) is 26.9 Å². The molecule has 0 saturated heterocycles. The van der Waals surface area contributed by atoms with E-state index in [0.717, 1.165) is 6.07 Å². The van der Waals surface area contributed by atoms with Crippen molar-refractivity contribution in [1.29, 1.82) is 0 Å². The molecule has 0 aliphatic carbocycles. The average molecular weight is 463 g/mol. The fourth-order valence-corrected chi connectivity index (χ4v) is 4.31. The number of hydrogen-bond acceptors (Lipinski definition) is 7. The predicted molar refractivity (Wildman–Crippen MR) is 111 cm³/mol. The molecule has 0 saturated carbocycles. The first-order valence-corrected chi connectivity index (χ1v) is 11.1. The average Bonchev–Trinajstić information content (AvgIpc) is 2.77. The number of halogens is 2. The molecule has 6 nitrogen and oxygen atoms in total. The first kappa shape index (κ1) is 22.6. The van der Waals surface area contributed by atoms with Crippen molar-refractivity contribution >= 4 is 27.0 Å². The molecule has 0 aliphatic rings. The molecule has 0 heterocycles. The summed E-state index contributed by atoms with van der Waals surface area (Å²) in [5.74, 6) is -0.760. The molecule has 0 amide bonds. The van der Waals surface area contributed by atoms with Gasteiger partial charge in [0.15, 0.2) is 12.2 Å². The van der Waals surface area contributed by atoms with E-state index in [1.165, 1.54) is 66.7 Å². The second kappa shape index (κ2) is 9.80. The van der Waals surface area contributed by atoms with Gasteiger partial charge in [0.25, 0.3) is 0 Å². The van der Waals surface area contributed by atoms with Crippen LogP contribution in [0.5, 0.6) is 5.75 Å². The third kappa shape index (κ3) is 5.53. The highest BCUT2D eigenvalue weighted by Gasteiger charge is 2.32. The smallest absolute Gasteiger partial charge is 0.339 e. The number of nitroso groups, excluding NO2 is 1. The van der Waals surface area contributed by atoms with E-state index in [1.807, 2.05) is 0 Å². The molecular formula is C21H15F2NO5S2. The summed E-state index contributed by atoms with van der Waals surface area (Å²) in [6.07, 6.45) is -2.33. The molecule has 0 N–H and O–H groups in total. The summed E-state index contributed by atoms with van der Waals surface area (Å²) in [6.45, 7) is 0. The molecule has 0 spiro atoms. The van der Waals surface area contributed by atoms with Crippen LogP contribution >= 0.6 is 11.8 Å². The summed E-state index contributed by atoms with van der Waals surface area (Å²) in [4.78, 5) is 23.3. The zero-order valence-electron chi connectivity index (χ0n) is 15.7. The van der Waals surface area contributed by atoms with Gasteiger partial charge in [-0.3, -0.25) is 4.79 Å². The van der Waals surface area contributed by atoms with Crippen LogP contribution in [0.25, 0.3) is 0 Å². The van der Waals surface area contributed by atoms with E-state index in [4.69, 9.17) is 4.18 Å². The second-order valence-corrected chi connectivity index (χ2v) is 8.82. The van der Waals surface area contributed by atoms with E-state index in [-0.39, 0.29) is 21.1 Å². The van der Waals surface area contributed by atoms with Gasteiger partial charge in [-0.25, -0.2) is 8.78 Å². The Labute approximate surface area is 181 Å². The number of hydrogen-bond donors (Lipinski definition) is 0. The van der Waals surface area contributed by atoms with Crippen LogP contribution in [0.2, 0.25) is 0 Å². The lowest BCUT2D eigenvalue weighted by Crippen LogP contribution is -2.20. The lowest BCUT2D eigenvalue weighted by Gasteiger charge is -2.14. The third-order valence-electron chi connectivity index (χ3n) is 4.12. The van der Waals surface area contributed by atoms with Crippen LogP contribution in [0.3, 0.4) is 0 Å². The Kier molecular flexibility index (Phi) is 7.13. The van der Waals surface area contributed by atoms with E-state index in [0.29, 0.717) is 11.8 Å². The standard InChI is InChI=1S/C21H15F2NO5S2/c22-17-8-4-5-9-18(17)30-21(25)19(23)20(24-26)14-10-12-15(13-11-14)29-31(27,28)16-6-2-1-3-7-16/h1-13,19-20H/t19-,20-/m0/s1. The van der Waals surface area contributed by atoms with Crippen molar-refractivity contribution in [1.82, 2.24) is 0 Å². The topological polar surface area (TPSA) is 89.9 Å². The van der Waals surface area contributed by atoms with E-state index >= 15 is 0 Å². The van der Waals surface area contributed by atoms with Gasteiger partial charge in [-0.2, -0.15) is 13.3 Å². The Bertz CT molecular complexity index is 1170. The Morgan fingerprint density at radius 2 is 1.55 bits per heavy atom. The van der Waals surface area contributed by atoms with Crippen LogP contribution in [0.4, 0.5) is 8.78 Å². The SMILES string of the molecule is O=N[C@@H](c1ccc(OS(=O)(=O)c2ccccc2)cc1)[C@H](F)C(=O)Sc1ccccc1F. The lowest BCUT2D eigenvalue weighted by atomic mass is 10.0. The van der Waals surface area contributed by atoms with Crippen molar-refractivity contribution in [2.45, 2.75) is 22.0 Å². The van der Waals surface area contributed by atoms with Gasteiger partial charge in [0.2, 0.25) is 5.12 Å². The number of carbonyl (C=O) groups is 1. The number of nitrogens with zero attached hydrogens (tertiary/aromatic N) is 1. The van der Waals surface area contributed by atoms with Crippen LogP contribution in [0.1, 0.15) is 11.6 Å². The van der Waals surface area contributed by atoms with Crippen LogP contribution < -0.4 is 4.18 Å². The maximum atomic E-state index is 14.6. The fourth-order valence-electron chi connectivity index (χ4n) is 2.59. The quantitative estimate of drug-likeness (QED) is 0.264. The van der Waals surface area contributed by atoms with Gasteiger partial charge in [0, 0.05) is 0 Å². The zero-order chi connectivity index (χ0) is 22.4. The Balaban J connectivity index is 1.73. The lowest BCUT2D eigenvalue weighted by molar-refractivity contribution is -0.115. The molecule has 0 aromatic heterocycles. The minimum atomic E-state index is -4.07. The van der Waals surface area contributed by atoms with Crippen LogP contribution in [-0.4, -0.2) is 19.7 Å². The van der Waals surface area contributed by atoms with Crippen LogP contribution in [0, 0.1) is 10.7 Å². The van der Waals surface area contributed by atoms with Gasteiger partial charge < -0.3 is 4.18 Å². The highest BCUT2D eigenvalue weighted by molar-refractivity contribution is 8.13. The fraction of sp³-hybridized carbons (Fsp3) is 0.0952. The summed E-state index contributed by atoms with van der Waals surface area (Å²) in [5.41, 5.74) is 0.0365. The van der Waals surface area contributed by atoms with E-state index in [1.54, 1.807) is 6.07 Å². The normalized spacial score (nSPS) is 13.2. The van der Waals surface area contributed by atoms with E-state index in [2.05, 4.69) is 5.18 Å². The Morgan fingerprint density at radius 3 is 2.16 bits per heavy atom. The van der Waals surface area contributed by atoms with Crippen molar-refractivity contribution < 1.29 is 26.2 Å². The van der Waals surface area contributed by atoms with E-state index < -0.39 is 33.3 Å². The van der Waals surface area contributed by atoms with Crippen molar-refractivity contribution in [3.63, 3.8) is 0 Å². The molecule has 160 valence electrons. The zero-order valence-corrected chi connectivity index (χ0v) is 17.4. The summed E-state index contributed by atoms with van der Waals surface area (Å²) >= 11 is 0.334. The molecule has 0 bridgehead atoms. The van der Waals surface area contributed by atoms with Crippen LogP contribution in [0.15, 0.2) is 93.8 Å². The Hall–Kier alpha value is -3.11. The molecule has 10 heteroatoms. The molecule has 31 heavy (non-hydrogen) atoms. The van der Waals surface area contributed by atoms with Gasteiger partial charge in [0.05, 0.1) is 4.90 Å². The van der Waals surface area contributed by atoms with Gasteiger partial charge in [-0.1, -0.05) is 47.6 Å².